The van der Waals surface area contributed by atoms with Crippen molar-refractivity contribution in [1.82, 2.24) is 0 Å². The molecule has 6 heteroatoms. The minimum atomic E-state index is -4.00. The number of ketones is 2. The van der Waals surface area contributed by atoms with E-state index >= 15 is 0 Å². The van der Waals surface area contributed by atoms with Gasteiger partial charge in [0.05, 0.1) is 20.9 Å². The largest absolute Gasteiger partial charge is 0.371 e. The summed E-state index contributed by atoms with van der Waals surface area (Å²) in [4.78, 5) is 28.9. The molecule has 3 aromatic carbocycles. The van der Waals surface area contributed by atoms with Gasteiger partial charge in [-0.3, -0.25) is 9.59 Å². The van der Waals surface area contributed by atoms with Crippen molar-refractivity contribution < 1.29 is 18.0 Å². The molecule has 0 unspecified atom stereocenters. The van der Waals surface area contributed by atoms with Crippen LogP contribution in [-0.2, 0) is 9.84 Å². The maximum atomic E-state index is 13.5. The summed E-state index contributed by atoms with van der Waals surface area (Å²) >= 11 is 0. The van der Waals surface area contributed by atoms with Crippen LogP contribution in [0.4, 0.5) is 5.69 Å². The molecule has 0 radical (unpaired) electrons. The molecular weight excluding hydrogens is 410 g/mol. The van der Waals surface area contributed by atoms with Gasteiger partial charge in [-0.2, -0.15) is 0 Å². The summed E-state index contributed by atoms with van der Waals surface area (Å²) in [7, 11) is -4.00. The summed E-state index contributed by atoms with van der Waals surface area (Å²) in [6, 6.07) is 16.2. The average molecular weight is 434 g/mol. The van der Waals surface area contributed by atoms with Crippen molar-refractivity contribution in [2.75, 3.05) is 18.0 Å². The number of sulfone groups is 1. The van der Waals surface area contributed by atoms with Crippen molar-refractivity contribution in [1.29, 1.82) is 0 Å². The maximum Gasteiger partial charge on any atom is 0.207 e. The quantitative estimate of drug-likeness (QED) is 0.465. The Hall–Kier alpha value is -3.25. The first-order chi connectivity index (χ1) is 14.8. The van der Waals surface area contributed by atoms with E-state index in [0.717, 1.165) is 5.56 Å². The molecule has 4 rings (SSSR count). The predicted molar refractivity (Wildman–Crippen MR) is 120 cm³/mol. The summed E-state index contributed by atoms with van der Waals surface area (Å²) in [6.07, 6.45) is 0. The highest BCUT2D eigenvalue weighted by Crippen LogP contribution is 2.39. The van der Waals surface area contributed by atoms with E-state index in [9.17, 15) is 18.0 Å². The molecule has 0 aromatic heterocycles. The van der Waals surface area contributed by atoms with E-state index < -0.39 is 15.6 Å². The number of carbonyl (C=O) groups excluding carboxylic acids is 2. The van der Waals surface area contributed by atoms with Crippen molar-refractivity contribution in [3.05, 3.63) is 88.5 Å². The van der Waals surface area contributed by atoms with Gasteiger partial charge >= 0.3 is 0 Å². The second kappa shape index (κ2) is 7.78. The molecule has 0 bridgehead atoms. The van der Waals surface area contributed by atoms with Gasteiger partial charge in [0.2, 0.25) is 9.84 Å². The lowest BCUT2D eigenvalue weighted by molar-refractivity contribution is 0.0977. The lowest BCUT2D eigenvalue weighted by atomic mass is 9.83. The molecule has 1 aliphatic carbocycles. The third-order valence-electron chi connectivity index (χ3n) is 5.74. The van der Waals surface area contributed by atoms with Crippen LogP contribution in [0.1, 0.15) is 51.3 Å². The van der Waals surface area contributed by atoms with E-state index in [1.165, 1.54) is 18.2 Å². The van der Waals surface area contributed by atoms with Gasteiger partial charge in [-0.25, -0.2) is 8.42 Å². The van der Waals surface area contributed by atoms with E-state index in [1.54, 1.807) is 42.5 Å². The molecule has 0 spiro atoms. The van der Waals surface area contributed by atoms with Crippen LogP contribution in [0.5, 0.6) is 0 Å². The number of aryl methyl sites for hydroxylation is 1. The highest BCUT2D eigenvalue weighted by molar-refractivity contribution is 7.91. The standard InChI is InChI=1S/C25H23NO4S/c1-4-26(5-2)20-14-15-21(31(29,30)17-12-10-16(3)11-13-17)23-22(20)24(27)18-8-6-7-9-19(18)25(23)28/h6-15H,4-5H2,1-3H3. The van der Waals surface area contributed by atoms with Crippen molar-refractivity contribution in [2.45, 2.75) is 30.6 Å². The summed E-state index contributed by atoms with van der Waals surface area (Å²) in [6.45, 7) is 7.02. The zero-order valence-corrected chi connectivity index (χ0v) is 18.5. The van der Waals surface area contributed by atoms with Crippen molar-refractivity contribution >= 4 is 27.1 Å². The fourth-order valence-electron chi connectivity index (χ4n) is 4.07. The smallest absolute Gasteiger partial charge is 0.207 e. The van der Waals surface area contributed by atoms with Crippen LogP contribution >= 0.6 is 0 Å². The molecule has 0 amide bonds. The van der Waals surface area contributed by atoms with Gasteiger partial charge < -0.3 is 4.90 Å². The molecule has 0 heterocycles. The molecule has 0 N–H and O–H groups in total. The van der Waals surface area contributed by atoms with Crippen molar-refractivity contribution in [3.8, 4) is 0 Å². The highest BCUT2D eigenvalue weighted by Gasteiger charge is 2.37. The number of anilines is 1. The van der Waals surface area contributed by atoms with Crippen LogP contribution in [0.15, 0.2) is 70.5 Å². The minimum absolute atomic E-state index is 0.0336. The van der Waals surface area contributed by atoms with Gasteiger partial charge in [-0.1, -0.05) is 42.0 Å². The monoisotopic (exact) mass is 433 g/mol. The third kappa shape index (κ3) is 3.27. The summed E-state index contributed by atoms with van der Waals surface area (Å²) in [5.74, 6) is -0.766. The van der Waals surface area contributed by atoms with E-state index in [1.807, 2.05) is 25.7 Å². The lowest BCUT2D eigenvalue weighted by Gasteiger charge is -2.28. The molecule has 0 saturated heterocycles. The Balaban J connectivity index is 2.05. The number of rotatable bonds is 5. The molecule has 0 atom stereocenters. The highest BCUT2D eigenvalue weighted by atomic mass is 32.2. The average Bonchev–Trinajstić information content (AvgIpc) is 2.78. The molecule has 31 heavy (non-hydrogen) atoms. The molecule has 158 valence electrons. The Morgan fingerprint density at radius 1 is 0.742 bits per heavy atom. The van der Waals surface area contributed by atoms with Gasteiger partial charge in [0.1, 0.15) is 0 Å². The molecule has 1 aliphatic rings. The first-order valence-electron chi connectivity index (χ1n) is 10.2. The zero-order valence-electron chi connectivity index (χ0n) is 17.7. The molecular formula is C25H23NO4S. The van der Waals surface area contributed by atoms with Gasteiger partial charge in [0.15, 0.2) is 11.6 Å². The van der Waals surface area contributed by atoms with E-state index in [4.69, 9.17) is 0 Å². The van der Waals surface area contributed by atoms with Gasteiger partial charge in [0, 0.05) is 29.9 Å². The summed E-state index contributed by atoms with van der Waals surface area (Å²) in [5.41, 5.74) is 2.18. The Morgan fingerprint density at radius 2 is 1.29 bits per heavy atom. The normalized spacial score (nSPS) is 13.0. The SMILES string of the molecule is CCN(CC)c1ccc(S(=O)(=O)c2ccc(C)cc2)c2c1C(=O)c1ccccc1C2=O. The zero-order chi connectivity index (χ0) is 22.3. The fourth-order valence-corrected chi connectivity index (χ4v) is 5.53. The van der Waals surface area contributed by atoms with Gasteiger partial charge in [-0.15, -0.1) is 0 Å². The molecule has 0 aliphatic heterocycles. The van der Waals surface area contributed by atoms with E-state index in [2.05, 4.69) is 0 Å². The molecule has 3 aromatic rings. The fraction of sp³-hybridized carbons (Fsp3) is 0.200. The Morgan fingerprint density at radius 3 is 1.84 bits per heavy atom. The van der Waals surface area contributed by atoms with Crippen LogP contribution in [0.3, 0.4) is 0 Å². The second-order valence-corrected chi connectivity index (χ2v) is 9.44. The minimum Gasteiger partial charge on any atom is -0.371 e. The maximum absolute atomic E-state index is 13.5. The predicted octanol–water partition coefficient (Wildman–Crippen LogP) is 4.45. The molecule has 0 fully saturated rings. The van der Waals surface area contributed by atoms with Crippen molar-refractivity contribution in [2.24, 2.45) is 0 Å². The Bertz CT molecular complexity index is 1300. The summed E-state index contributed by atoms with van der Waals surface area (Å²) in [5, 5.41) is 0. The van der Waals surface area contributed by atoms with Gasteiger partial charge in [0.25, 0.3) is 0 Å². The summed E-state index contributed by atoms with van der Waals surface area (Å²) < 4.78 is 27.0. The number of nitrogens with zero attached hydrogens (tertiary/aromatic N) is 1. The third-order valence-corrected chi connectivity index (χ3v) is 7.55. The molecule has 5 nitrogen and oxygen atoms in total. The van der Waals surface area contributed by atoms with Crippen LogP contribution in [0, 0.1) is 6.92 Å². The molecule has 0 saturated carbocycles. The van der Waals surface area contributed by atoms with Crippen LogP contribution in [0.2, 0.25) is 0 Å². The Kier molecular flexibility index (Phi) is 5.27. The lowest BCUT2D eigenvalue weighted by Crippen LogP contribution is -2.30. The topological polar surface area (TPSA) is 71.5 Å². The number of hydrogen-bond donors (Lipinski definition) is 0. The Labute approximate surface area is 182 Å². The van der Waals surface area contributed by atoms with E-state index in [0.29, 0.717) is 24.3 Å². The number of hydrogen-bond acceptors (Lipinski definition) is 5. The first-order valence-corrected chi connectivity index (χ1v) is 11.7. The van der Waals surface area contributed by atoms with Crippen LogP contribution in [-0.4, -0.2) is 33.1 Å². The number of fused-ring (bicyclic) bond motifs is 2. The van der Waals surface area contributed by atoms with Crippen molar-refractivity contribution in [3.63, 3.8) is 0 Å². The first kappa shape index (κ1) is 21.0. The van der Waals surface area contributed by atoms with Gasteiger partial charge in [-0.05, 0) is 45.0 Å². The van der Waals surface area contributed by atoms with Crippen LogP contribution in [0.25, 0.3) is 0 Å². The van der Waals surface area contributed by atoms with Crippen LogP contribution < -0.4 is 4.90 Å². The number of benzene rings is 3. The van der Waals surface area contributed by atoms with E-state index in [-0.39, 0.29) is 32.3 Å². The second-order valence-electron chi connectivity index (χ2n) is 7.53. The number of carbonyl (C=O) groups is 2.